The van der Waals surface area contributed by atoms with E-state index in [4.69, 9.17) is 14.2 Å². The highest BCUT2D eigenvalue weighted by Gasteiger charge is 2.25. The Kier molecular flexibility index (Phi) is 6.96. The van der Waals surface area contributed by atoms with E-state index in [2.05, 4.69) is 10.1 Å². The molecule has 0 spiro atoms. The molecule has 1 N–H and O–H groups in total. The van der Waals surface area contributed by atoms with Gasteiger partial charge in [0.2, 0.25) is 5.91 Å². The van der Waals surface area contributed by atoms with Gasteiger partial charge in [-0.15, -0.1) is 0 Å². The summed E-state index contributed by atoms with van der Waals surface area (Å²) in [6, 6.07) is 9.73. The lowest BCUT2D eigenvalue weighted by Crippen LogP contribution is -2.24. The highest BCUT2D eigenvalue weighted by Crippen LogP contribution is 2.34. The van der Waals surface area contributed by atoms with Gasteiger partial charge in [-0.05, 0) is 42.8 Å². The fourth-order valence-corrected chi connectivity index (χ4v) is 3.21. The molecule has 9 nitrogen and oxygen atoms in total. The van der Waals surface area contributed by atoms with Gasteiger partial charge in [-0.3, -0.25) is 9.59 Å². The minimum atomic E-state index is -0.532. The normalized spacial score (nSPS) is 13.0. The van der Waals surface area contributed by atoms with Gasteiger partial charge < -0.3 is 29.2 Å². The second-order valence-electron chi connectivity index (χ2n) is 6.72. The molecule has 0 aliphatic carbocycles. The third kappa shape index (κ3) is 5.06. The standard InChI is InChI=1S/C22H24N2O7/c1-28-17-9-7-15(12-16(17)24-10-4-5-20(24)25)23-22(27)14-6-8-18(19(11-14)29-2)31-13-21(26)30-3/h6-9,11-12H,4-5,10,13H2,1-3H3,(H,23,27). The SMILES string of the molecule is COC(=O)COc1ccc(C(=O)Nc2ccc(OC)c(N3CCCC3=O)c2)cc1OC. The molecule has 0 saturated carbocycles. The van der Waals surface area contributed by atoms with Crippen LogP contribution in [0.1, 0.15) is 23.2 Å². The Bertz CT molecular complexity index is 990. The summed E-state index contributed by atoms with van der Waals surface area (Å²) in [7, 11) is 4.24. The van der Waals surface area contributed by atoms with Crippen molar-refractivity contribution in [1.82, 2.24) is 0 Å². The molecule has 1 aliphatic rings. The summed E-state index contributed by atoms with van der Waals surface area (Å²) in [5, 5.41) is 2.82. The van der Waals surface area contributed by atoms with Crippen LogP contribution in [0.15, 0.2) is 36.4 Å². The molecule has 31 heavy (non-hydrogen) atoms. The van der Waals surface area contributed by atoms with Crippen molar-refractivity contribution in [2.75, 3.05) is 44.7 Å². The summed E-state index contributed by atoms with van der Waals surface area (Å²) in [5.74, 6) is 0.284. The summed E-state index contributed by atoms with van der Waals surface area (Å²) in [4.78, 5) is 37.8. The molecule has 0 unspecified atom stereocenters. The summed E-state index contributed by atoms with van der Waals surface area (Å²) < 4.78 is 20.5. The van der Waals surface area contributed by atoms with Crippen molar-refractivity contribution in [3.63, 3.8) is 0 Å². The number of anilines is 2. The Morgan fingerprint density at radius 2 is 1.74 bits per heavy atom. The highest BCUT2D eigenvalue weighted by molar-refractivity contribution is 6.05. The molecule has 1 saturated heterocycles. The molecule has 1 heterocycles. The maximum atomic E-state index is 12.8. The summed E-state index contributed by atoms with van der Waals surface area (Å²) in [6.07, 6.45) is 1.27. The summed E-state index contributed by atoms with van der Waals surface area (Å²) in [6.45, 7) is 0.332. The Morgan fingerprint density at radius 3 is 2.39 bits per heavy atom. The van der Waals surface area contributed by atoms with Gasteiger partial charge in [0.1, 0.15) is 5.75 Å². The fraction of sp³-hybridized carbons (Fsp3) is 0.318. The van der Waals surface area contributed by atoms with Crippen molar-refractivity contribution < 1.29 is 33.3 Å². The molecule has 2 aromatic carbocycles. The number of carbonyl (C=O) groups is 3. The first-order chi connectivity index (χ1) is 15.0. The van der Waals surface area contributed by atoms with E-state index in [-0.39, 0.29) is 18.4 Å². The summed E-state index contributed by atoms with van der Waals surface area (Å²) >= 11 is 0. The van der Waals surface area contributed by atoms with Crippen molar-refractivity contribution in [1.29, 1.82) is 0 Å². The van der Waals surface area contributed by atoms with Gasteiger partial charge in [0.25, 0.3) is 5.91 Å². The largest absolute Gasteiger partial charge is 0.495 e. The van der Waals surface area contributed by atoms with Crippen molar-refractivity contribution in [3.05, 3.63) is 42.0 Å². The molecule has 9 heteroatoms. The zero-order valence-corrected chi connectivity index (χ0v) is 17.6. The fourth-order valence-electron chi connectivity index (χ4n) is 3.21. The van der Waals surface area contributed by atoms with Crippen LogP contribution in [0.2, 0.25) is 0 Å². The van der Waals surface area contributed by atoms with Crippen LogP contribution in [-0.2, 0) is 14.3 Å². The van der Waals surface area contributed by atoms with Crippen LogP contribution < -0.4 is 24.4 Å². The number of amides is 2. The van der Waals surface area contributed by atoms with Crippen molar-refractivity contribution in [3.8, 4) is 17.2 Å². The highest BCUT2D eigenvalue weighted by atomic mass is 16.6. The van der Waals surface area contributed by atoms with E-state index >= 15 is 0 Å². The maximum Gasteiger partial charge on any atom is 0.343 e. The predicted octanol–water partition coefficient (Wildman–Crippen LogP) is 2.63. The topological polar surface area (TPSA) is 103 Å². The lowest BCUT2D eigenvalue weighted by atomic mass is 10.1. The van der Waals surface area contributed by atoms with E-state index < -0.39 is 5.97 Å². The molecule has 1 fully saturated rings. The number of benzene rings is 2. The molecule has 3 rings (SSSR count). The number of carbonyl (C=O) groups excluding carboxylic acids is 3. The molecule has 0 radical (unpaired) electrons. The smallest absolute Gasteiger partial charge is 0.343 e. The van der Waals surface area contributed by atoms with Crippen LogP contribution in [0.25, 0.3) is 0 Å². The number of esters is 1. The van der Waals surface area contributed by atoms with E-state index in [1.165, 1.54) is 27.4 Å². The number of nitrogens with one attached hydrogen (secondary N) is 1. The molecule has 0 bridgehead atoms. The number of ether oxygens (including phenoxy) is 4. The molecule has 0 aromatic heterocycles. The zero-order valence-electron chi connectivity index (χ0n) is 17.6. The Hall–Kier alpha value is -3.75. The number of hydrogen-bond acceptors (Lipinski definition) is 7. The molecular weight excluding hydrogens is 404 g/mol. The van der Waals surface area contributed by atoms with Gasteiger partial charge >= 0.3 is 5.97 Å². The van der Waals surface area contributed by atoms with Gasteiger partial charge in [-0.25, -0.2) is 4.79 Å². The maximum absolute atomic E-state index is 12.8. The number of rotatable bonds is 8. The van der Waals surface area contributed by atoms with Crippen molar-refractivity contribution in [2.24, 2.45) is 0 Å². The average Bonchev–Trinajstić information content (AvgIpc) is 3.22. The third-order valence-corrected chi connectivity index (χ3v) is 4.80. The van der Waals surface area contributed by atoms with E-state index in [9.17, 15) is 14.4 Å². The van der Waals surface area contributed by atoms with E-state index in [0.29, 0.717) is 47.2 Å². The average molecular weight is 428 g/mol. The van der Waals surface area contributed by atoms with Crippen LogP contribution in [0.5, 0.6) is 17.2 Å². The van der Waals surface area contributed by atoms with Gasteiger partial charge in [0, 0.05) is 24.2 Å². The van der Waals surface area contributed by atoms with Crippen molar-refractivity contribution >= 4 is 29.2 Å². The third-order valence-electron chi connectivity index (χ3n) is 4.80. The molecule has 2 amide bonds. The monoisotopic (exact) mass is 428 g/mol. The molecular formula is C22H24N2O7. The Balaban J connectivity index is 1.78. The van der Waals surface area contributed by atoms with Gasteiger partial charge in [-0.1, -0.05) is 0 Å². The van der Waals surface area contributed by atoms with Crippen LogP contribution >= 0.6 is 0 Å². The van der Waals surface area contributed by atoms with E-state index in [1.807, 2.05) is 0 Å². The quantitative estimate of drug-likeness (QED) is 0.645. The second-order valence-corrected chi connectivity index (χ2v) is 6.72. The van der Waals surface area contributed by atoms with Crippen molar-refractivity contribution in [2.45, 2.75) is 12.8 Å². The zero-order chi connectivity index (χ0) is 22.4. The van der Waals surface area contributed by atoms with Crippen LogP contribution in [0.3, 0.4) is 0 Å². The first-order valence-electron chi connectivity index (χ1n) is 9.64. The van der Waals surface area contributed by atoms with Crippen LogP contribution in [-0.4, -0.2) is 52.3 Å². The predicted molar refractivity (Wildman–Crippen MR) is 113 cm³/mol. The number of methoxy groups -OCH3 is 3. The Morgan fingerprint density at radius 1 is 1.00 bits per heavy atom. The lowest BCUT2D eigenvalue weighted by Gasteiger charge is -2.20. The van der Waals surface area contributed by atoms with Gasteiger partial charge in [0.05, 0.1) is 27.0 Å². The first kappa shape index (κ1) is 21.9. The Labute approximate surface area is 179 Å². The minimum Gasteiger partial charge on any atom is -0.495 e. The molecule has 2 aromatic rings. The minimum absolute atomic E-state index is 0.0223. The summed E-state index contributed by atoms with van der Waals surface area (Å²) in [5.41, 5.74) is 1.47. The van der Waals surface area contributed by atoms with Gasteiger partial charge in [-0.2, -0.15) is 0 Å². The number of nitrogens with zero attached hydrogens (tertiary/aromatic N) is 1. The number of hydrogen-bond donors (Lipinski definition) is 1. The molecule has 0 atom stereocenters. The molecule has 1 aliphatic heterocycles. The van der Waals surface area contributed by atoms with Crippen LogP contribution in [0.4, 0.5) is 11.4 Å². The second kappa shape index (κ2) is 9.84. The van der Waals surface area contributed by atoms with E-state index in [1.54, 1.807) is 35.2 Å². The van der Waals surface area contributed by atoms with Crippen LogP contribution in [0, 0.1) is 0 Å². The lowest BCUT2D eigenvalue weighted by molar-refractivity contribution is -0.142. The van der Waals surface area contributed by atoms with Gasteiger partial charge in [0.15, 0.2) is 18.1 Å². The first-order valence-corrected chi connectivity index (χ1v) is 9.64. The molecule has 164 valence electrons. The van der Waals surface area contributed by atoms with E-state index in [0.717, 1.165) is 6.42 Å².